The van der Waals surface area contributed by atoms with Crippen molar-refractivity contribution >= 4 is 26.0 Å². The van der Waals surface area contributed by atoms with E-state index in [0.717, 1.165) is 5.56 Å². The summed E-state index contributed by atoms with van der Waals surface area (Å²) in [6, 6.07) is 12.0. The second-order valence-corrected chi connectivity index (χ2v) is 10.5. The van der Waals surface area contributed by atoms with Crippen LogP contribution in [0.4, 0.5) is 0 Å². The van der Waals surface area contributed by atoms with E-state index in [-0.39, 0.29) is 41.5 Å². The van der Waals surface area contributed by atoms with E-state index >= 15 is 0 Å². The smallest absolute Gasteiger partial charge is 0.337 e. The summed E-state index contributed by atoms with van der Waals surface area (Å²) in [4.78, 5) is 11.7. The maximum atomic E-state index is 12.8. The molecule has 0 saturated carbocycles. The average molecular weight is 439 g/mol. The van der Waals surface area contributed by atoms with E-state index in [1.54, 1.807) is 24.3 Å². The third-order valence-electron chi connectivity index (χ3n) is 4.77. The molecule has 0 bridgehead atoms. The van der Waals surface area contributed by atoms with Gasteiger partial charge in [0.2, 0.25) is 20.0 Å². The fourth-order valence-electron chi connectivity index (χ4n) is 3.04. The molecule has 0 N–H and O–H groups in total. The summed E-state index contributed by atoms with van der Waals surface area (Å²) in [6.45, 7) is 2.10. The number of carbonyl (C=O) groups is 1. The molecule has 2 aromatic carbocycles. The van der Waals surface area contributed by atoms with Crippen LogP contribution < -0.4 is 0 Å². The average Bonchev–Trinajstić information content (AvgIpc) is 2.73. The Labute approximate surface area is 170 Å². The number of ether oxygens (including phenoxy) is 1. The first-order valence-electron chi connectivity index (χ1n) is 8.91. The molecule has 1 aliphatic rings. The minimum absolute atomic E-state index is 0.0417. The molecule has 1 heterocycles. The van der Waals surface area contributed by atoms with Crippen LogP contribution >= 0.6 is 0 Å². The van der Waals surface area contributed by atoms with Gasteiger partial charge in [-0.3, -0.25) is 0 Å². The first-order valence-corrected chi connectivity index (χ1v) is 11.8. The molecule has 0 spiro atoms. The molecule has 10 heteroatoms. The van der Waals surface area contributed by atoms with Crippen molar-refractivity contribution in [1.29, 1.82) is 0 Å². The molecular formula is C19H22N2O6S2. The first-order chi connectivity index (χ1) is 13.7. The molecule has 0 unspecified atom stereocenters. The fraction of sp³-hybridized carbons (Fsp3) is 0.316. The molecule has 156 valence electrons. The van der Waals surface area contributed by atoms with Gasteiger partial charge < -0.3 is 4.74 Å². The Morgan fingerprint density at radius 1 is 0.759 bits per heavy atom. The standard InChI is InChI=1S/C19H22N2O6S2/c1-15-3-7-17(8-4-15)28(23,24)20-11-13-21(14-12-20)29(25,26)18-9-5-16(6-10-18)19(22)27-2/h3-10H,11-14H2,1-2H3. The minimum Gasteiger partial charge on any atom is -0.465 e. The molecule has 8 nitrogen and oxygen atoms in total. The number of esters is 1. The molecule has 1 fully saturated rings. The van der Waals surface area contributed by atoms with Gasteiger partial charge in [-0.15, -0.1) is 0 Å². The predicted molar refractivity (Wildman–Crippen MR) is 106 cm³/mol. The summed E-state index contributed by atoms with van der Waals surface area (Å²) in [5, 5.41) is 0. The van der Waals surface area contributed by atoms with Crippen LogP contribution in [-0.4, -0.2) is 64.7 Å². The molecule has 29 heavy (non-hydrogen) atoms. The zero-order valence-electron chi connectivity index (χ0n) is 16.1. The van der Waals surface area contributed by atoms with Gasteiger partial charge >= 0.3 is 5.97 Å². The lowest BCUT2D eigenvalue weighted by Gasteiger charge is -2.33. The third-order valence-corrected chi connectivity index (χ3v) is 8.60. The Balaban J connectivity index is 1.72. The van der Waals surface area contributed by atoms with Crippen molar-refractivity contribution in [2.75, 3.05) is 33.3 Å². The molecular weight excluding hydrogens is 416 g/mol. The molecule has 3 rings (SSSR count). The largest absolute Gasteiger partial charge is 0.465 e. The number of benzene rings is 2. The zero-order valence-corrected chi connectivity index (χ0v) is 17.7. The molecule has 1 aliphatic heterocycles. The van der Waals surface area contributed by atoms with Crippen molar-refractivity contribution in [3.8, 4) is 0 Å². The number of sulfonamides is 2. The molecule has 0 radical (unpaired) electrons. The van der Waals surface area contributed by atoms with Crippen molar-refractivity contribution in [2.45, 2.75) is 16.7 Å². The topological polar surface area (TPSA) is 101 Å². The number of piperazine rings is 1. The highest BCUT2D eigenvalue weighted by Crippen LogP contribution is 2.22. The summed E-state index contributed by atoms with van der Waals surface area (Å²) in [7, 11) is -6.21. The highest BCUT2D eigenvalue weighted by molar-refractivity contribution is 7.89. The molecule has 2 aromatic rings. The second-order valence-electron chi connectivity index (χ2n) is 6.64. The summed E-state index contributed by atoms with van der Waals surface area (Å²) < 4.78 is 58.4. The Morgan fingerprint density at radius 3 is 1.52 bits per heavy atom. The van der Waals surface area contributed by atoms with E-state index < -0.39 is 26.0 Å². The molecule has 0 aliphatic carbocycles. The molecule has 1 saturated heterocycles. The number of aryl methyl sites for hydroxylation is 1. The van der Waals surface area contributed by atoms with Gasteiger partial charge in [0, 0.05) is 26.2 Å². The van der Waals surface area contributed by atoms with E-state index in [1.807, 2.05) is 6.92 Å². The van der Waals surface area contributed by atoms with Gasteiger partial charge in [0.25, 0.3) is 0 Å². The lowest BCUT2D eigenvalue weighted by Crippen LogP contribution is -2.50. The van der Waals surface area contributed by atoms with Crippen LogP contribution in [-0.2, 0) is 24.8 Å². The SMILES string of the molecule is COC(=O)c1ccc(S(=O)(=O)N2CCN(S(=O)(=O)c3ccc(C)cc3)CC2)cc1. The first kappa shape index (κ1) is 21.4. The van der Waals surface area contributed by atoms with Crippen molar-refractivity contribution in [1.82, 2.24) is 8.61 Å². The summed E-state index contributed by atoms with van der Waals surface area (Å²) >= 11 is 0. The number of carbonyl (C=O) groups excluding carboxylic acids is 1. The Kier molecular flexibility index (Phi) is 6.08. The fourth-order valence-corrected chi connectivity index (χ4v) is 5.88. The van der Waals surface area contributed by atoms with Crippen LogP contribution in [0, 0.1) is 6.92 Å². The van der Waals surface area contributed by atoms with Crippen LogP contribution in [0.3, 0.4) is 0 Å². The van der Waals surface area contributed by atoms with Crippen LogP contribution in [0.5, 0.6) is 0 Å². The number of nitrogens with zero attached hydrogens (tertiary/aromatic N) is 2. The van der Waals surface area contributed by atoms with Gasteiger partial charge in [-0.25, -0.2) is 21.6 Å². The van der Waals surface area contributed by atoms with E-state index in [0.29, 0.717) is 0 Å². The van der Waals surface area contributed by atoms with Crippen LogP contribution in [0.1, 0.15) is 15.9 Å². The Morgan fingerprint density at radius 2 is 1.14 bits per heavy atom. The molecule has 0 atom stereocenters. The van der Waals surface area contributed by atoms with E-state index in [1.165, 1.54) is 40.0 Å². The van der Waals surface area contributed by atoms with E-state index in [2.05, 4.69) is 4.74 Å². The van der Waals surface area contributed by atoms with Gasteiger partial charge in [0.1, 0.15) is 0 Å². The minimum atomic E-state index is -3.79. The highest BCUT2D eigenvalue weighted by atomic mass is 32.2. The maximum absolute atomic E-state index is 12.8. The lowest BCUT2D eigenvalue weighted by atomic mass is 10.2. The summed E-state index contributed by atoms with van der Waals surface area (Å²) in [5.74, 6) is -0.552. The Hall–Kier alpha value is -2.27. The van der Waals surface area contributed by atoms with Crippen molar-refractivity contribution in [3.05, 3.63) is 59.7 Å². The van der Waals surface area contributed by atoms with Gasteiger partial charge in [0.15, 0.2) is 0 Å². The number of methoxy groups -OCH3 is 1. The lowest BCUT2D eigenvalue weighted by molar-refractivity contribution is 0.0600. The van der Waals surface area contributed by atoms with Crippen molar-refractivity contribution in [3.63, 3.8) is 0 Å². The van der Waals surface area contributed by atoms with Gasteiger partial charge in [-0.2, -0.15) is 8.61 Å². The highest BCUT2D eigenvalue weighted by Gasteiger charge is 2.33. The van der Waals surface area contributed by atoms with Crippen molar-refractivity contribution < 1.29 is 26.4 Å². The Bertz CT molecular complexity index is 1090. The zero-order chi connectivity index (χ0) is 21.2. The molecule has 0 aromatic heterocycles. The van der Waals surface area contributed by atoms with Crippen LogP contribution in [0.2, 0.25) is 0 Å². The van der Waals surface area contributed by atoms with Gasteiger partial charge in [0.05, 0.1) is 22.5 Å². The second kappa shape index (κ2) is 8.23. The van der Waals surface area contributed by atoms with E-state index in [9.17, 15) is 21.6 Å². The summed E-state index contributed by atoms with van der Waals surface area (Å²) in [6.07, 6.45) is 0. The number of rotatable bonds is 5. The third kappa shape index (κ3) is 4.35. The van der Waals surface area contributed by atoms with E-state index in [4.69, 9.17) is 0 Å². The van der Waals surface area contributed by atoms with Gasteiger partial charge in [-0.05, 0) is 43.3 Å². The van der Waals surface area contributed by atoms with Crippen LogP contribution in [0.25, 0.3) is 0 Å². The van der Waals surface area contributed by atoms with Gasteiger partial charge in [-0.1, -0.05) is 17.7 Å². The molecule has 0 amide bonds. The summed E-state index contributed by atoms with van der Waals surface area (Å²) in [5.41, 5.74) is 1.21. The van der Waals surface area contributed by atoms with Crippen molar-refractivity contribution in [2.24, 2.45) is 0 Å². The number of hydrogen-bond donors (Lipinski definition) is 0. The quantitative estimate of drug-likeness (QED) is 0.656. The maximum Gasteiger partial charge on any atom is 0.337 e. The van der Waals surface area contributed by atoms with Crippen LogP contribution in [0.15, 0.2) is 58.3 Å². The normalized spacial score (nSPS) is 16.5. The monoisotopic (exact) mass is 438 g/mol. The predicted octanol–water partition coefficient (Wildman–Crippen LogP) is 1.48. The number of hydrogen-bond acceptors (Lipinski definition) is 6.